The van der Waals surface area contributed by atoms with E-state index in [0.717, 1.165) is 45.0 Å². The number of piperidine rings is 1. The summed E-state index contributed by atoms with van der Waals surface area (Å²) >= 11 is 0. The molecule has 152 valence electrons. The molecular weight excluding hydrogens is 372 g/mol. The summed E-state index contributed by atoms with van der Waals surface area (Å²) in [6.07, 6.45) is 2.56. The summed E-state index contributed by atoms with van der Waals surface area (Å²) in [7, 11) is 0. The third-order valence-electron chi connectivity index (χ3n) is 5.75. The van der Waals surface area contributed by atoms with Crippen molar-refractivity contribution in [3.05, 3.63) is 35.4 Å². The van der Waals surface area contributed by atoms with Crippen LogP contribution in [-0.2, 0) is 4.79 Å². The van der Waals surface area contributed by atoms with Gasteiger partial charge in [-0.25, -0.2) is 8.78 Å². The average molecular weight is 402 g/mol. The van der Waals surface area contributed by atoms with E-state index >= 15 is 0 Å². The van der Waals surface area contributed by atoms with Gasteiger partial charge in [0.1, 0.15) is 11.6 Å². The number of carbonyl (C=O) groups excluding carboxylic acids is 1. The van der Waals surface area contributed by atoms with Crippen LogP contribution in [0.4, 0.5) is 8.78 Å². The van der Waals surface area contributed by atoms with Crippen LogP contribution in [0.3, 0.4) is 0 Å². The minimum Gasteiger partial charge on any atom is -0.340 e. The molecule has 4 nitrogen and oxygen atoms in total. The fraction of sp³-hybridized carbons (Fsp3) is 0.650. The smallest absolute Gasteiger partial charge is 0.225 e. The lowest BCUT2D eigenvalue weighted by atomic mass is 9.91. The number of amides is 1. The van der Waals surface area contributed by atoms with Crippen LogP contribution >= 0.6 is 12.4 Å². The zero-order valence-electron chi connectivity index (χ0n) is 16.1. The Kier molecular flexibility index (Phi) is 8.01. The van der Waals surface area contributed by atoms with Gasteiger partial charge in [-0.2, -0.15) is 0 Å². The molecule has 0 radical (unpaired) electrons. The molecule has 7 heteroatoms. The third-order valence-corrected chi connectivity index (χ3v) is 5.75. The van der Waals surface area contributed by atoms with Crippen molar-refractivity contribution in [3.8, 4) is 0 Å². The van der Waals surface area contributed by atoms with Crippen LogP contribution in [0.1, 0.15) is 44.7 Å². The lowest BCUT2D eigenvalue weighted by Gasteiger charge is -2.41. The molecule has 1 aromatic rings. The Bertz CT molecular complexity index is 638. The topological polar surface area (TPSA) is 35.6 Å². The van der Waals surface area contributed by atoms with E-state index in [0.29, 0.717) is 24.7 Å². The Balaban J connectivity index is 0.00000261. The standard InChI is InChI=1S/C20H29F2N3O.ClH/c1-3-19(17-5-4-16(21)13-18(17)22)24-8-10-25(11-9-24)20(26)15-6-7-23-14(2)12-15;/h4-5,13-15,19,23H,3,6-12H2,1-2H3;1H/t14-,15-,19?;/m0./s1. The van der Waals surface area contributed by atoms with Gasteiger partial charge in [-0.3, -0.25) is 9.69 Å². The van der Waals surface area contributed by atoms with Crippen LogP contribution in [0, 0.1) is 17.6 Å². The van der Waals surface area contributed by atoms with Gasteiger partial charge in [-0.15, -0.1) is 12.4 Å². The third kappa shape index (κ3) is 5.18. The van der Waals surface area contributed by atoms with Crippen LogP contribution in [0.5, 0.6) is 0 Å². The molecule has 3 rings (SSSR count). The van der Waals surface area contributed by atoms with E-state index in [1.165, 1.54) is 6.07 Å². The van der Waals surface area contributed by atoms with Gasteiger partial charge in [0.05, 0.1) is 0 Å². The number of hydrogen-bond donors (Lipinski definition) is 1. The Morgan fingerprint density at radius 2 is 1.96 bits per heavy atom. The Morgan fingerprint density at radius 3 is 2.56 bits per heavy atom. The zero-order chi connectivity index (χ0) is 18.7. The van der Waals surface area contributed by atoms with Gasteiger partial charge >= 0.3 is 0 Å². The van der Waals surface area contributed by atoms with E-state index < -0.39 is 11.6 Å². The number of benzene rings is 1. The van der Waals surface area contributed by atoms with Gasteiger partial charge in [0.15, 0.2) is 0 Å². The number of hydrogen-bond acceptors (Lipinski definition) is 3. The molecule has 0 aliphatic carbocycles. The summed E-state index contributed by atoms with van der Waals surface area (Å²) in [5.41, 5.74) is 0.542. The number of nitrogens with one attached hydrogen (secondary N) is 1. The largest absolute Gasteiger partial charge is 0.340 e. The quantitative estimate of drug-likeness (QED) is 0.840. The molecule has 0 bridgehead atoms. The second kappa shape index (κ2) is 9.80. The van der Waals surface area contributed by atoms with E-state index in [-0.39, 0.29) is 30.3 Å². The summed E-state index contributed by atoms with van der Waals surface area (Å²) in [5, 5.41) is 3.39. The van der Waals surface area contributed by atoms with Crippen LogP contribution in [-0.4, -0.2) is 54.5 Å². The Morgan fingerprint density at radius 1 is 1.26 bits per heavy atom. The second-order valence-corrected chi connectivity index (χ2v) is 7.53. The van der Waals surface area contributed by atoms with Crippen molar-refractivity contribution < 1.29 is 13.6 Å². The number of carbonyl (C=O) groups is 1. The molecule has 2 aliphatic heterocycles. The maximum Gasteiger partial charge on any atom is 0.225 e. The van der Waals surface area contributed by atoms with E-state index in [9.17, 15) is 13.6 Å². The van der Waals surface area contributed by atoms with E-state index in [1.54, 1.807) is 6.07 Å². The SMILES string of the molecule is CCC(c1ccc(F)cc1F)N1CCN(C(=O)[C@H]2CCN[C@@H](C)C2)CC1.Cl. The van der Waals surface area contributed by atoms with Gasteiger partial charge in [-0.1, -0.05) is 13.0 Å². The molecular formula is C20H30ClF2N3O. The van der Waals surface area contributed by atoms with Crippen molar-refractivity contribution in [1.29, 1.82) is 0 Å². The van der Waals surface area contributed by atoms with Crippen molar-refractivity contribution >= 4 is 18.3 Å². The molecule has 2 saturated heterocycles. The molecule has 0 saturated carbocycles. The summed E-state index contributed by atoms with van der Waals surface area (Å²) < 4.78 is 27.4. The highest BCUT2D eigenvalue weighted by Gasteiger charge is 2.32. The fourth-order valence-corrected chi connectivity index (χ4v) is 4.31. The molecule has 0 spiro atoms. The maximum atomic E-state index is 14.2. The molecule has 0 aromatic heterocycles. The number of halogens is 3. The minimum absolute atomic E-state index is 0. The van der Waals surface area contributed by atoms with E-state index in [1.807, 2.05) is 11.8 Å². The zero-order valence-corrected chi connectivity index (χ0v) is 16.9. The molecule has 2 fully saturated rings. The van der Waals surface area contributed by atoms with Gasteiger partial charge in [0, 0.05) is 55.8 Å². The second-order valence-electron chi connectivity index (χ2n) is 7.53. The number of rotatable bonds is 4. The lowest BCUT2D eigenvalue weighted by Crippen LogP contribution is -2.52. The molecule has 1 unspecified atom stereocenters. The molecule has 1 amide bonds. The van der Waals surface area contributed by atoms with Crippen molar-refractivity contribution in [3.63, 3.8) is 0 Å². The van der Waals surface area contributed by atoms with Crippen molar-refractivity contribution in [2.24, 2.45) is 5.92 Å². The molecule has 1 aromatic carbocycles. The van der Waals surface area contributed by atoms with E-state index in [2.05, 4.69) is 17.1 Å². The molecule has 3 atom stereocenters. The highest BCUT2D eigenvalue weighted by molar-refractivity contribution is 5.85. The molecule has 2 heterocycles. The van der Waals surface area contributed by atoms with Gasteiger partial charge in [-0.05, 0) is 38.8 Å². The van der Waals surface area contributed by atoms with Gasteiger partial charge < -0.3 is 10.2 Å². The minimum atomic E-state index is -0.548. The lowest BCUT2D eigenvalue weighted by molar-refractivity contribution is -0.138. The van der Waals surface area contributed by atoms with Crippen LogP contribution in [0.2, 0.25) is 0 Å². The Hall–Kier alpha value is -1.24. The summed E-state index contributed by atoms with van der Waals surface area (Å²) in [4.78, 5) is 17.0. The molecule has 1 N–H and O–H groups in total. The fourth-order valence-electron chi connectivity index (χ4n) is 4.31. The van der Waals surface area contributed by atoms with Gasteiger partial charge in [0.2, 0.25) is 5.91 Å². The van der Waals surface area contributed by atoms with Crippen molar-refractivity contribution in [2.45, 2.75) is 45.2 Å². The number of piperazine rings is 1. The van der Waals surface area contributed by atoms with E-state index in [4.69, 9.17) is 0 Å². The predicted molar refractivity (Wildman–Crippen MR) is 105 cm³/mol. The van der Waals surface area contributed by atoms with Crippen molar-refractivity contribution in [2.75, 3.05) is 32.7 Å². The highest BCUT2D eigenvalue weighted by Crippen LogP contribution is 2.28. The average Bonchev–Trinajstić information content (AvgIpc) is 2.64. The summed E-state index contributed by atoms with van der Waals surface area (Å²) in [6.45, 7) is 7.84. The first kappa shape index (κ1) is 22.1. The first-order chi connectivity index (χ1) is 12.5. The number of nitrogens with zero attached hydrogens (tertiary/aromatic N) is 2. The predicted octanol–water partition coefficient (Wildman–Crippen LogP) is 3.37. The monoisotopic (exact) mass is 401 g/mol. The van der Waals surface area contributed by atoms with Crippen LogP contribution < -0.4 is 5.32 Å². The highest BCUT2D eigenvalue weighted by atomic mass is 35.5. The summed E-state index contributed by atoms with van der Waals surface area (Å²) in [5.74, 6) is -0.653. The maximum absolute atomic E-state index is 14.2. The van der Waals surface area contributed by atoms with Crippen LogP contribution in [0.25, 0.3) is 0 Å². The summed E-state index contributed by atoms with van der Waals surface area (Å²) in [6, 6.07) is 4.14. The van der Waals surface area contributed by atoms with Crippen LogP contribution in [0.15, 0.2) is 18.2 Å². The Labute approximate surface area is 166 Å². The molecule has 2 aliphatic rings. The van der Waals surface area contributed by atoms with Crippen molar-refractivity contribution in [1.82, 2.24) is 15.1 Å². The normalized spacial score (nSPS) is 25.0. The van der Waals surface area contributed by atoms with Gasteiger partial charge in [0.25, 0.3) is 0 Å². The first-order valence-electron chi connectivity index (χ1n) is 9.70. The first-order valence-corrected chi connectivity index (χ1v) is 9.70. The molecule has 27 heavy (non-hydrogen) atoms.